The monoisotopic (exact) mass is 281 g/mol. The van der Waals surface area contributed by atoms with Crippen LogP contribution in [0.5, 0.6) is 5.75 Å². The van der Waals surface area contributed by atoms with Gasteiger partial charge in [0.1, 0.15) is 0 Å². The smallest absolute Gasteiger partial charge is 0.165 e. The van der Waals surface area contributed by atoms with Gasteiger partial charge in [0.25, 0.3) is 0 Å². The van der Waals surface area contributed by atoms with Crippen LogP contribution in [0.15, 0.2) is 18.2 Å². The van der Waals surface area contributed by atoms with Gasteiger partial charge in [0.2, 0.25) is 0 Å². The van der Waals surface area contributed by atoms with E-state index >= 15 is 0 Å². The van der Waals surface area contributed by atoms with Crippen molar-refractivity contribution in [3.63, 3.8) is 0 Å². The Labute approximate surface area is 122 Å². The van der Waals surface area contributed by atoms with Gasteiger partial charge in [-0.2, -0.15) is 0 Å². The van der Waals surface area contributed by atoms with E-state index in [9.17, 15) is 4.39 Å². The Balaban J connectivity index is 2.51. The third kappa shape index (κ3) is 5.49. The van der Waals surface area contributed by atoms with Crippen molar-refractivity contribution in [2.75, 3.05) is 7.05 Å². The zero-order valence-corrected chi connectivity index (χ0v) is 13.2. The summed E-state index contributed by atoms with van der Waals surface area (Å²) in [4.78, 5) is 0. The number of nitrogens with one attached hydrogen (secondary N) is 1. The van der Waals surface area contributed by atoms with Crippen LogP contribution in [0.3, 0.4) is 0 Å². The highest BCUT2D eigenvalue weighted by Crippen LogP contribution is 2.23. The van der Waals surface area contributed by atoms with Crippen molar-refractivity contribution >= 4 is 0 Å². The Morgan fingerprint density at radius 2 is 1.95 bits per heavy atom. The molecule has 0 aliphatic heterocycles. The molecule has 0 bridgehead atoms. The molecule has 1 rings (SSSR count). The molecule has 1 aromatic rings. The van der Waals surface area contributed by atoms with Gasteiger partial charge in [0.15, 0.2) is 11.6 Å². The summed E-state index contributed by atoms with van der Waals surface area (Å²) in [5.74, 6) is 0.0880. The molecule has 20 heavy (non-hydrogen) atoms. The van der Waals surface area contributed by atoms with Gasteiger partial charge in [0.05, 0.1) is 6.10 Å². The minimum Gasteiger partial charge on any atom is -0.488 e. The topological polar surface area (TPSA) is 21.3 Å². The van der Waals surface area contributed by atoms with E-state index in [0.29, 0.717) is 5.75 Å². The second-order valence-electron chi connectivity index (χ2n) is 5.48. The number of hydrogen-bond acceptors (Lipinski definition) is 2. The third-order valence-corrected chi connectivity index (χ3v) is 3.68. The average molecular weight is 281 g/mol. The largest absolute Gasteiger partial charge is 0.488 e. The first kappa shape index (κ1) is 17.0. The van der Waals surface area contributed by atoms with Gasteiger partial charge in [0, 0.05) is 6.04 Å². The van der Waals surface area contributed by atoms with Crippen molar-refractivity contribution in [1.82, 2.24) is 5.32 Å². The first-order chi connectivity index (χ1) is 9.58. The summed E-state index contributed by atoms with van der Waals surface area (Å²) >= 11 is 0. The summed E-state index contributed by atoms with van der Waals surface area (Å²) < 4.78 is 19.7. The molecule has 0 spiro atoms. The molecule has 1 aromatic carbocycles. The van der Waals surface area contributed by atoms with Gasteiger partial charge in [-0.3, -0.25) is 0 Å². The maximum atomic E-state index is 14.0. The SMILES string of the molecule is CCCCCCC(C)Oc1ccc(C(C)NC)cc1F. The molecule has 0 aliphatic carbocycles. The van der Waals surface area contributed by atoms with Crippen LogP contribution in [0.4, 0.5) is 4.39 Å². The van der Waals surface area contributed by atoms with E-state index in [1.165, 1.54) is 19.3 Å². The minimum absolute atomic E-state index is 0.0638. The van der Waals surface area contributed by atoms with Crippen molar-refractivity contribution in [1.29, 1.82) is 0 Å². The summed E-state index contributed by atoms with van der Waals surface area (Å²) in [6, 6.07) is 5.36. The second-order valence-corrected chi connectivity index (χ2v) is 5.48. The van der Waals surface area contributed by atoms with Gasteiger partial charge in [-0.25, -0.2) is 4.39 Å². The summed E-state index contributed by atoms with van der Waals surface area (Å²) in [6.45, 7) is 6.21. The van der Waals surface area contributed by atoms with Crippen LogP contribution in [-0.2, 0) is 0 Å². The Bertz CT molecular complexity index is 395. The molecular formula is C17H28FNO. The first-order valence-electron chi connectivity index (χ1n) is 7.71. The van der Waals surface area contributed by atoms with E-state index < -0.39 is 0 Å². The number of rotatable bonds is 9. The summed E-state index contributed by atoms with van der Waals surface area (Å²) in [5.41, 5.74) is 0.938. The lowest BCUT2D eigenvalue weighted by atomic mass is 10.1. The van der Waals surface area contributed by atoms with Crippen LogP contribution in [0.1, 0.15) is 64.5 Å². The van der Waals surface area contributed by atoms with E-state index in [1.807, 2.05) is 27.0 Å². The Kier molecular flexibility index (Phi) is 7.60. The first-order valence-corrected chi connectivity index (χ1v) is 7.71. The molecule has 0 saturated carbocycles. The fraction of sp³-hybridized carbons (Fsp3) is 0.647. The summed E-state index contributed by atoms with van der Waals surface area (Å²) in [6.07, 6.45) is 5.91. The maximum absolute atomic E-state index is 14.0. The van der Waals surface area contributed by atoms with Crippen molar-refractivity contribution in [3.05, 3.63) is 29.6 Å². The Morgan fingerprint density at radius 3 is 2.55 bits per heavy atom. The van der Waals surface area contributed by atoms with Crippen molar-refractivity contribution in [2.24, 2.45) is 0 Å². The van der Waals surface area contributed by atoms with Crippen molar-refractivity contribution in [3.8, 4) is 5.75 Å². The molecule has 0 fully saturated rings. The van der Waals surface area contributed by atoms with Crippen LogP contribution >= 0.6 is 0 Å². The molecule has 0 aliphatic rings. The zero-order chi connectivity index (χ0) is 15.0. The highest BCUT2D eigenvalue weighted by atomic mass is 19.1. The normalized spacial score (nSPS) is 14.1. The standard InChI is InChI=1S/C17H28FNO/c1-5-6-7-8-9-13(2)20-17-11-10-15(12-16(17)18)14(3)19-4/h10-14,19H,5-9H2,1-4H3. The lowest BCUT2D eigenvalue weighted by Crippen LogP contribution is -2.14. The molecule has 1 N–H and O–H groups in total. The number of unbranched alkanes of at least 4 members (excludes halogenated alkanes) is 3. The number of ether oxygens (including phenoxy) is 1. The van der Waals surface area contributed by atoms with Gasteiger partial charge in [-0.05, 0) is 51.4 Å². The highest BCUT2D eigenvalue weighted by molar-refractivity contribution is 5.31. The maximum Gasteiger partial charge on any atom is 0.165 e. The zero-order valence-electron chi connectivity index (χ0n) is 13.2. The van der Waals surface area contributed by atoms with E-state index in [0.717, 1.165) is 18.4 Å². The van der Waals surface area contributed by atoms with Crippen LogP contribution in [-0.4, -0.2) is 13.2 Å². The summed E-state index contributed by atoms with van der Waals surface area (Å²) in [5, 5.41) is 3.10. The molecule has 2 atom stereocenters. The van der Waals surface area contributed by atoms with E-state index in [4.69, 9.17) is 4.74 Å². The minimum atomic E-state index is -0.273. The third-order valence-electron chi connectivity index (χ3n) is 3.68. The Hall–Kier alpha value is -1.09. The molecule has 0 amide bonds. The predicted molar refractivity (Wildman–Crippen MR) is 82.7 cm³/mol. The van der Waals surface area contributed by atoms with Gasteiger partial charge < -0.3 is 10.1 Å². The molecule has 3 heteroatoms. The van der Waals surface area contributed by atoms with Gasteiger partial charge >= 0.3 is 0 Å². The quantitative estimate of drug-likeness (QED) is 0.654. The Morgan fingerprint density at radius 1 is 1.20 bits per heavy atom. The predicted octanol–water partition coefficient (Wildman–Crippen LogP) is 4.84. The molecule has 2 nitrogen and oxygen atoms in total. The number of hydrogen-bond donors (Lipinski definition) is 1. The lowest BCUT2D eigenvalue weighted by molar-refractivity contribution is 0.197. The van der Waals surface area contributed by atoms with E-state index in [-0.39, 0.29) is 18.0 Å². The fourth-order valence-corrected chi connectivity index (χ4v) is 2.18. The van der Waals surface area contributed by atoms with Gasteiger partial charge in [-0.1, -0.05) is 32.3 Å². The summed E-state index contributed by atoms with van der Waals surface area (Å²) in [7, 11) is 1.87. The van der Waals surface area contributed by atoms with Crippen LogP contribution in [0, 0.1) is 5.82 Å². The van der Waals surface area contributed by atoms with Crippen molar-refractivity contribution < 1.29 is 9.13 Å². The van der Waals surface area contributed by atoms with Crippen molar-refractivity contribution in [2.45, 2.75) is 65.0 Å². The molecular weight excluding hydrogens is 253 g/mol. The molecule has 0 heterocycles. The van der Waals surface area contributed by atoms with Crippen LogP contribution < -0.4 is 10.1 Å². The molecule has 0 radical (unpaired) electrons. The highest BCUT2D eigenvalue weighted by Gasteiger charge is 2.11. The molecule has 2 unspecified atom stereocenters. The number of benzene rings is 1. The molecule has 0 aromatic heterocycles. The molecule has 0 saturated heterocycles. The molecule has 114 valence electrons. The van der Waals surface area contributed by atoms with E-state index in [2.05, 4.69) is 12.2 Å². The van der Waals surface area contributed by atoms with E-state index in [1.54, 1.807) is 12.1 Å². The lowest BCUT2D eigenvalue weighted by Gasteiger charge is -2.17. The average Bonchev–Trinajstić information content (AvgIpc) is 2.45. The number of halogens is 1. The van der Waals surface area contributed by atoms with Gasteiger partial charge in [-0.15, -0.1) is 0 Å². The van der Waals surface area contributed by atoms with Crippen LogP contribution in [0.25, 0.3) is 0 Å². The fourth-order valence-electron chi connectivity index (χ4n) is 2.18. The van der Waals surface area contributed by atoms with Crippen LogP contribution in [0.2, 0.25) is 0 Å². The second kappa shape index (κ2) is 8.96.